The average Bonchev–Trinajstić information content (AvgIpc) is 3.29. The molecule has 5 heteroatoms. The van der Waals surface area contributed by atoms with Gasteiger partial charge in [0.15, 0.2) is 5.82 Å². The Labute approximate surface area is 153 Å². The molecule has 1 atom stereocenters. The summed E-state index contributed by atoms with van der Waals surface area (Å²) in [6, 6.07) is 15.4. The molecule has 5 nitrogen and oxygen atoms in total. The lowest BCUT2D eigenvalue weighted by Crippen LogP contribution is -2.26. The van der Waals surface area contributed by atoms with E-state index in [-0.39, 0.29) is 6.10 Å². The summed E-state index contributed by atoms with van der Waals surface area (Å²) >= 11 is 0. The second-order valence-electron chi connectivity index (χ2n) is 7.34. The van der Waals surface area contributed by atoms with Gasteiger partial charge in [-0.1, -0.05) is 36.4 Å². The topological polar surface area (TPSA) is 43.2 Å². The van der Waals surface area contributed by atoms with E-state index in [2.05, 4.69) is 62.1 Å². The van der Waals surface area contributed by atoms with Crippen molar-refractivity contribution in [1.29, 1.82) is 0 Å². The minimum absolute atomic E-state index is 0.142. The molecule has 2 aromatic carbocycles. The standard InChI is InChI=1S/C21H24N4O/c1-2-5-18-14-16(7-8-17(18)4-1)15-24-10-9-20-22-23-21(25(20)12-11-24)19-6-3-13-26-19/h1-2,4-5,7-8,14,19H,3,6,9-13,15H2. The Hall–Kier alpha value is -2.24. The molecule has 1 fully saturated rings. The molecule has 134 valence electrons. The number of aromatic nitrogens is 3. The van der Waals surface area contributed by atoms with Crippen molar-refractivity contribution in [2.45, 2.75) is 38.5 Å². The van der Waals surface area contributed by atoms with Gasteiger partial charge in [0.2, 0.25) is 0 Å². The lowest BCUT2D eigenvalue weighted by molar-refractivity contribution is 0.101. The van der Waals surface area contributed by atoms with Crippen LogP contribution in [0.15, 0.2) is 42.5 Å². The number of rotatable bonds is 3. The highest BCUT2D eigenvalue weighted by molar-refractivity contribution is 5.82. The van der Waals surface area contributed by atoms with E-state index in [0.29, 0.717) is 0 Å². The first-order chi connectivity index (χ1) is 12.9. The molecule has 26 heavy (non-hydrogen) atoms. The van der Waals surface area contributed by atoms with Crippen LogP contribution < -0.4 is 0 Å². The van der Waals surface area contributed by atoms with E-state index in [1.807, 2.05) is 0 Å². The van der Waals surface area contributed by atoms with E-state index >= 15 is 0 Å². The third kappa shape index (κ3) is 3.02. The van der Waals surface area contributed by atoms with Crippen molar-refractivity contribution in [1.82, 2.24) is 19.7 Å². The van der Waals surface area contributed by atoms with E-state index in [9.17, 15) is 0 Å². The van der Waals surface area contributed by atoms with Crippen LogP contribution >= 0.6 is 0 Å². The Morgan fingerprint density at radius 1 is 1.00 bits per heavy atom. The van der Waals surface area contributed by atoms with E-state index in [1.165, 1.54) is 16.3 Å². The molecule has 3 aromatic rings. The Bertz CT molecular complexity index is 913. The monoisotopic (exact) mass is 348 g/mol. The van der Waals surface area contributed by atoms with E-state index in [0.717, 1.165) is 63.7 Å². The van der Waals surface area contributed by atoms with Crippen molar-refractivity contribution < 1.29 is 4.74 Å². The fourth-order valence-corrected chi connectivity index (χ4v) is 4.16. The third-order valence-corrected chi connectivity index (χ3v) is 5.59. The van der Waals surface area contributed by atoms with Crippen molar-refractivity contribution in [3.05, 3.63) is 59.7 Å². The summed E-state index contributed by atoms with van der Waals surface area (Å²) in [4.78, 5) is 2.53. The van der Waals surface area contributed by atoms with E-state index in [1.54, 1.807) is 0 Å². The van der Waals surface area contributed by atoms with Crippen molar-refractivity contribution >= 4 is 10.8 Å². The molecular weight excluding hydrogens is 324 g/mol. The number of ether oxygens (including phenoxy) is 1. The average molecular weight is 348 g/mol. The summed E-state index contributed by atoms with van der Waals surface area (Å²) in [6.07, 6.45) is 3.29. The van der Waals surface area contributed by atoms with Crippen molar-refractivity contribution in [3.8, 4) is 0 Å². The van der Waals surface area contributed by atoms with Gasteiger partial charge < -0.3 is 9.30 Å². The summed E-state index contributed by atoms with van der Waals surface area (Å²) in [7, 11) is 0. The highest BCUT2D eigenvalue weighted by Crippen LogP contribution is 2.28. The molecule has 0 bridgehead atoms. The molecule has 0 amide bonds. The number of hydrogen-bond donors (Lipinski definition) is 0. The van der Waals surface area contributed by atoms with Gasteiger partial charge in [0.25, 0.3) is 0 Å². The SMILES string of the molecule is c1ccc2cc(CN3CCc4nnc(C5CCCO5)n4CC3)ccc2c1. The Morgan fingerprint density at radius 3 is 2.81 bits per heavy atom. The highest BCUT2D eigenvalue weighted by atomic mass is 16.5. The van der Waals surface area contributed by atoms with Crippen LogP contribution in [0.2, 0.25) is 0 Å². The molecule has 0 radical (unpaired) electrons. The summed E-state index contributed by atoms with van der Waals surface area (Å²) < 4.78 is 8.13. The molecule has 0 saturated carbocycles. The quantitative estimate of drug-likeness (QED) is 0.728. The first-order valence-corrected chi connectivity index (χ1v) is 9.60. The van der Waals surface area contributed by atoms with Crippen LogP contribution in [-0.2, 0) is 24.2 Å². The molecule has 1 saturated heterocycles. The molecular formula is C21H24N4O. The normalized spacial score (nSPS) is 21.0. The zero-order chi connectivity index (χ0) is 17.3. The molecule has 0 N–H and O–H groups in total. The molecule has 1 unspecified atom stereocenters. The maximum Gasteiger partial charge on any atom is 0.162 e. The number of fused-ring (bicyclic) bond motifs is 2. The fraction of sp³-hybridized carbons (Fsp3) is 0.429. The van der Waals surface area contributed by atoms with Crippen LogP contribution in [-0.4, -0.2) is 39.4 Å². The molecule has 2 aliphatic rings. The second-order valence-corrected chi connectivity index (χ2v) is 7.34. The molecule has 1 aromatic heterocycles. The number of benzene rings is 2. The number of hydrogen-bond acceptors (Lipinski definition) is 4. The van der Waals surface area contributed by atoms with Crippen LogP contribution in [0.25, 0.3) is 10.8 Å². The van der Waals surface area contributed by atoms with Crippen molar-refractivity contribution in [2.24, 2.45) is 0 Å². The predicted molar refractivity (Wildman–Crippen MR) is 101 cm³/mol. The summed E-state index contributed by atoms with van der Waals surface area (Å²) in [5.41, 5.74) is 1.38. The maximum absolute atomic E-state index is 5.83. The predicted octanol–water partition coefficient (Wildman–Crippen LogP) is 3.34. The third-order valence-electron chi connectivity index (χ3n) is 5.59. The van der Waals surface area contributed by atoms with Crippen molar-refractivity contribution in [3.63, 3.8) is 0 Å². The van der Waals surface area contributed by atoms with Gasteiger partial charge in [-0.2, -0.15) is 0 Å². The van der Waals surface area contributed by atoms with Crippen molar-refractivity contribution in [2.75, 3.05) is 19.7 Å². The lowest BCUT2D eigenvalue weighted by atomic mass is 10.1. The van der Waals surface area contributed by atoms with Gasteiger partial charge in [-0.05, 0) is 35.2 Å². The van der Waals surface area contributed by atoms with E-state index in [4.69, 9.17) is 4.74 Å². The Kier molecular flexibility index (Phi) is 4.19. The summed E-state index contributed by atoms with van der Waals surface area (Å²) in [5, 5.41) is 11.5. The van der Waals surface area contributed by atoms with Gasteiger partial charge in [0, 0.05) is 39.2 Å². The van der Waals surface area contributed by atoms with Crippen LogP contribution in [0.5, 0.6) is 0 Å². The Balaban J connectivity index is 1.31. The van der Waals surface area contributed by atoms with Crippen LogP contribution in [0.3, 0.4) is 0 Å². The maximum atomic E-state index is 5.83. The Morgan fingerprint density at radius 2 is 1.92 bits per heavy atom. The van der Waals surface area contributed by atoms with Crippen LogP contribution in [0.1, 0.15) is 36.2 Å². The van der Waals surface area contributed by atoms with Gasteiger partial charge in [-0.25, -0.2) is 0 Å². The second kappa shape index (κ2) is 6.82. The molecule has 0 spiro atoms. The van der Waals surface area contributed by atoms with Gasteiger partial charge in [0.05, 0.1) is 0 Å². The molecule has 2 aliphatic heterocycles. The summed E-state index contributed by atoms with van der Waals surface area (Å²) in [6.45, 7) is 4.83. The van der Waals surface area contributed by atoms with E-state index < -0.39 is 0 Å². The summed E-state index contributed by atoms with van der Waals surface area (Å²) in [5.74, 6) is 2.14. The highest BCUT2D eigenvalue weighted by Gasteiger charge is 2.26. The molecule has 3 heterocycles. The molecule has 5 rings (SSSR count). The van der Waals surface area contributed by atoms with Crippen LogP contribution in [0.4, 0.5) is 0 Å². The van der Waals surface area contributed by atoms with Crippen LogP contribution in [0, 0.1) is 0 Å². The first kappa shape index (κ1) is 16.0. The van der Waals surface area contributed by atoms with Gasteiger partial charge in [-0.15, -0.1) is 10.2 Å². The first-order valence-electron chi connectivity index (χ1n) is 9.60. The van der Waals surface area contributed by atoms with Gasteiger partial charge >= 0.3 is 0 Å². The smallest absolute Gasteiger partial charge is 0.162 e. The van der Waals surface area contributed by atoms with Gasteiger partial charge in [0.1, 0.15) is 11.9 Å². The minimum Gasteiger partial charge on any atom is -0.370 e. The lowest BCUT2D eigenvalue weighted by Gasteiger charge is -2.20. The zero-order valence-electron chi connectivity index (χ0n) is 15.0. The fourth-order valence-electron chi connectivity index (χ4n) is 4.16. The zero-order valence-corrected chi connectivity index (χ0v) is 15.0. The number of nitrogens with zero attached hydrogens (tertiary/aromatic N) is 4. The van der Waals surface area contributed by atoms with Gasteiger partial charge in [-0.3, -0.25) is 4.90 Å². The minimum atomic E-state index is 0.142. The molecule has 0 aliphatic carbocycles. The largest absolute Gasteiger partial charge is 0.370 e.